The van der Waals surface area contributed by atoms with Crippen LogP contribution in [0.5, 0.6) is 0 Å². The Balaban J connectivity index is 2.65. The summed E-state index contributed by atoms with van der Waals surface area (Å²) in [5.41, 5.74) is 0. The lowest BCUT2D eigenvalue weighted by molar-refractivity contribution is -0.301. The summed E-state index contributed by atoms with van der Waals surface area (Å²) in [5, 5.41) is 31.4. The minimum Gasteiger partial charge on any atom is -0.479 e. The molecule has 3 N–H and O–H groups in total. The molecule has 0 aromatic heterocycles. The SMILES string of the molecule is CC/C=C\C/C=C\C/C=C\C/C=C\CCCCCCC(=O)OC(COC(=O)CCCCCCCCCCCCCCCCCCCCC)COC1OC(C(=O)O)C(O)C(O)C1OC(=O)CCCCCCCCCCC. The van der Waals surface area contributed by atoms with E-state index in [0.717, 1.165) is 96.3 Å². The van der Waals surface area contributed by atoms with E-state index < -0.39 is 67.3 Å². The van der Waals surface area contributed by atoms with Crippen LogP contribution in [-0.2, 0) is 42.9 Å². The summed E-state index contributed by atoms with van der Waals surface area (Å²) in [4.78, 5) is 51.1. The number of allylic oxidation sites excluding steroid dienone is 8. The topological polar surface area (TPSA) is 175 Å². The van der Waals surface area contributed by atoms with Gasteiger partial charge in [-0.2, -0.15) is 0 Å². The number of hydrogen-bond donors (Lipinski definition) is 3. The minimum absolute atomic E-state index is 0.0599. The van der Waals surface area contributed by atoms with E-state index in [2.05, 4.69) is 69.4 Å². The molecule has 75 heavy (non-hydrogen) atoms. The van der Waals surface area contributed by atoms with Crippen LogP contribution < -0.4 is 0 Å². The molecule has 0 radical (unpaired) electrons. The molecule has 6 atom stereocenters. The molecule has 12 nitrogen and oxygen atoms in total. The second-order valence-corrected chi connectivity index (χ2v) is 21.0. The maximum Gasteiger partial charge on any atom is 0.335 e. The number of hydrogen-bond acceptors (Lipinski definition) is 11. The first kappa shape index (κ1) is 69.7. The van der Waals surface area contributed by atoms with Crippen LogP contribution in [0.3, 0.4) is 0 Å². The van der Waals surface area contributed by atoms with E-state index in [9.17, 15) is 34.5 Å². The van der Waals surface area contributed by atoms with Crippen LogP contribution in [0.4, 0.5) is 0 Å². The highest BCUT2D eigenvalue weighted by atomic mass is 16.7. The zero-order valence-electron chi connectivity index (χ0n) is 47.8. The molecule has 1 aliphatic heterocycles. The number of esters is 3. The Morgan fingerprint density at radius 3 is 1.28 bits per heavy atom. The predicted molar refractivity (Wildman–Crippen MR) is 303 cm³/mol. The van der Waals surface area contributed by atoms with E-state index in [-0.39, 0.29) is 25.9 Å². The first-order valence-corrected chi connectivity index (χ1v) is 30.6. The van der Waals surface area contributed by atoms with Gasteiger partial charge in [-0.1, -0.05) is 249 Å². The lowest BCUT2D eigenvalue weighted by Gasteiger charge is -2.40. The third-order valence-corrected chi connectivity index (χ3v) is 13.9. The fourth-order valence-electron chi connectivity index (χ4n) is 9.24. The molecule has 0 aromatic rings. The maximum absolute atomic E-state index is 13.1. The molecule has 0 saturated carbocycles. The van der Waals surface area contributed by atoms with Crippen LogP contribution in [0.25, 0.3) is 0 Å². The van der Waals surface area contributed by atoms with Crippen molar-refractivity contribution in [2.45, 2.75) is 314 Å². The van der Waals surface area contributed by atoms with E-state index in [1.165, 1.54) is 122 Å². The van der Waals surface area contributed by atoms with Gasteiger partial charge in [0.25, 0.3) is 0 Å². The highest BCUT2D eigenvalue weighted by Crippen LogP contribution is 2.27. The lowest BCUT2D eigenvalue weighted by atomic mass is 9.98. The van der Waals surface area contributed by atoms with Crippen molar-refractivity contribution >= 4 is 23.9 Å². The van der Waals surface area contributed by atoms with Gasteiger partial charge in [-0.15, -0.1) is 0 Å². The zero-order chi connectivity index (χ0) is 54.7. The van der Waals surface area contributed by atoms with Crippen LogP contribution in [0.15, 0.2) is 48.6 Å². The standard InChI is InChI=1S/C63H110O12/c1-4-7-10-13-16-19-21-23-25-27-28-30-31-33-35-38-40-43-46-49-55(64)71-52-54(73-56(65)50-47-44-42-39-36-34-32-29-26-24-22-20-17-14-11-8-5-2)53-72-63-61(59(68)58(67)60(75-63)62(69)70)74-57(66)51-48-45-41-37-18-15-12-9-6-3/h8,11,17,20,24,26,32,34,54,58-61,63,67-68H,4-7,9-10,12-16,18-19,21-23,25,27-31,33,35-53H2,1-3H3,(H,69,70)/b11-8-,20-17-,26-24-,34-32-. The number of carbonyl (C=O) groups is 4. The first-order chi connectivity index (χ1) is 36.6. The molecule has 0 spiro atoms. The van der Waals surface area contributed by atoms with Crippen molar-refractivity contribution in [3.8, 4) is 0 Å². The van der Waals surface area contributed by atoms with Gasteiger partial charge in [-0.3, -0.25) is 14.4 Å². The molecular formula is C63H110O12. The van der Waals surface area contributed by atoms with Crippen LogP contribution in [0.1, 0.15) is 278 Å². The molecular weight excluding hydrogens is 949 g/mol. The van der Waals surface area contributed by atoms with Crippen molar-refractivity contribution in [1.82, 2.24) is 0 Å². The monoisotopic (exact) mass is 1060 g/mol. The van der Waals surface area contributed by atoms with Crippen LogP contribution in [-0.4, -0.2) is 89.2 Å². The third-order valence-electron chi connectivity index (χ3n) is 13.9. The molecule has 0 bridgehead atoms. The predicted octanol–water partition coefficient (Wildman–Crippen LogP) is 15.8. The van der Waals surface area contributed by atoms with E-state index >= 15 is 0 Å². The van der Waals surface area contributed by atoms with Gasteiger partial charge >= 0.3 is 23.9 Å². The molecule has 1 aliphatic rings. The molecule has 12 heteroatoms. The molecule has 1 heterocycles. The molecule has 6 unspecified atom stereocenters. The molecule has 0 aliphatic carbocycles. The van der Waals surface area contributed by atoms with Gasteiger partial charge < -0.3 is 39.0 Å². The summed E-state index contributed by atoms with van der Waals surface area (Å²) < 4.78 is 28.4. The van der Waals surface area contributed by atoms with Crippen molar-refractivity contribution in [2.24, 2.45) is 0 Å². The van der Waals surface area contributed by atoms with Gasteiger partial charge in [-0.05, 0) is 57.8 Å². The summed E-state index contributed by atoms with van der Waals surface area (Å²) in [6, 6.07) is 0. The first-order valence-electron chi connectivity index (χ1n) is 30.6. The molecule has 1 rings (SSSR count). The summed E-state index contributed by atoms with van der Waals surface area (Å²) in [6.45, 7) is 5.85. The summed E-state index contributed by atoms with van der Waals surface area (Å²) in [7, 11) is 0. The number of carboxylic acid groups (broad SMARTS) is 1. The van der Waals surface area contributed by atoms with Gasteiger partial charge in [-0.25, -0.2) is 4.79 Å². The normalized spacial score (nSPS) is 18.4. The van der Waals surface area contributed by atoms with E-state index in [0.29, 0.717) is 19.3 Å². The van der Waals surface area contributed by atoms with Gasteiger partial charge in [0.1, 0.15) is 18.8 Å². The third kappa shape index (κ3) is 41.5. The number of aliphatic hydroxyl groups is 2. The number of rotatable bonds is 52. The molecule has 1 saturated heterocycles. The second kappa shape index (κ2) is 51.4. The maximum atomic E-state index is 13.1. The van der Waals surface area contributed by atoms with Crippen molar-refractivity contribution < 1.29 is 58.2 Å². The number of unbranched alkanes of at least 4 members (excludes halogenated alkanes) is 30. The Hall–Kier alpha value is -3.32. The van der Waals surface area contributed by atoms with E-state index in [4.69, 9.17) is 23.7 Å². The van der Waals surface area contributed by atoms with Gasteiger partial charge in [0, 0.05) is 19.3 Å². The van der Waals surface area contributed by atoms with Crippen LogP contribution >= 0.6 is 0 Å². The largest absolute Gasteiger partial charge is 0.479 e. The number of aliphatic hydroxyl groups excluding tert-OH is 2. The Morgan fingerprint density at radius 2 is 0.840 bits per heavy atom. The van der Waals surface area contributed by atoms with Crippen molar-refractivity contribution in [1.29, 1.82) is 0 Å². The van der Waals surface area contributed by atoms with Crippen molar-refractivity contribution in [3.63, 3.8) is 0 Å². The molecule has 0 amide bonds. The Morgan fingerprint density at radius 1 is 0.453 bits per heavy atom. The quantitative estimate of drug-likeness (QED) is 0.0228. The second-order valence-electron chi connectivity index (χ2n) is 21.0. The number of carbonyl (C=O) groups excluding carboxylic acids is 3. The molecule has 434 valence electrons. The molecule has 1 fully saturated rings. The fraction of sp³-hybridized carbons (Fsp3) is 0.810. The van der Waals surface area contributed by atoms with Crippen LogP contribution in [0, 0.1) is 0 Å². The number of carboxylic acids is 1. The van der Waals surface area contributed by atoms with E-state index in [1.807, 2.05) is 0 Å². The highest BCUT2D eigenvalue weighted by molar-refractivity contribution is 5.74. The summed E-state index contributed by atoms with van der Waals surface area (Å²) in [6.07, 6.45) is 49.6. The van der Waals surface area contributed by atoms with Crippen molar-refractivity contribution in [3.05, 3.63) is 48.6 Å². The van der Waals surface area contributed by atoms with E-state index in [1.54, 1.807) is 0 Å². The Bertz CT molecular complexity index is 1490. The Kier molecular flexibility index (Phi) is 47.8. The minimum atomic E-state index is -1.90. The number of aliphatic carboxylic acids is 1. The highest BCUT2D eigenvalue weighted by Gasteiger charge is 2.50. The van der Waals surface area contributed by atoms with Gasteiger partial charge in [0.05, 0.1) is 6.61 Å². The average Bonchev–Trinajstić information content (AvgIpc) is 3.39. The average molecular weight is 1060 g/mol. The van der Waals surface area contributed by atoms with Crippen molar-refractivity contribution in [2.75, 3.05) is 13.2 Å². The van der Waals surface area contributed by atoms with Gasteiger partial charge in [0.2, 0.25) is 0 Å². The lowest BCUT2D eigenvalue weighted by Crippen LogP contribution is -2.61. The zero-order valence-corrected chi connectivity index (χ0v) is 47.8. The molecule has 0 aromatic carbocycles. The fourth-order valence-corrected chi connectivity index (χ4v) is 9.24. The summed E-state index contributed by atoms with van der Waals surface area (Å²) in [5.74, 6) is -3.13. The van der Waals surface area contributed by atoms with Gasteiger partial charge in [0.15, 0.2) is 24.6 Å². The Labute approximate surface area is 456 Å². The summed E-state index contributed by atoms with van der Waals surface area (Å²) >= 11 is 0. The smallest absolute Gasteiger partial charge is 0.335 e. The number of ether oxygens (including phenoxy) is 5. The van der Waals surface area contributed by atoms with Crippen LogP contribution in [0.2, 0.25) is 0 Å².